The number of aromatic nitrogens is 1. The zero-order chi connectivity index (χ0) is 22.2. The Hall–Kier alpha value is -3.91. The lowest BCUT2D eigenvalue weighted by atomic mass is 10.1. The number of hydrazone groups is 1. The fraction of sp³-hybridized carbons (Fsp3) is 0.0909. The average molecular weight is 440 g/mol. The summed E-state index contributed by atoms with van der Waals surface area (Å²) in [6, 6.07) is 12.8. The summed E-state index contributed by atoms with van der Waals surface area (Å²) in [5.41, 5.74) is 4.26. The van der Waals surface area contributed by atoms with Crippen molar-refractivity contribution in [1.29, 1.82) is 0 Å². The van der Waals surface area contributed by atoms with Gasteiger partial charge < -0.3 is 14.6 Å². The highest BCUT2D eigenvalue weighted by Gasteiger charge is 2.13. The number of methoxy groups -OCH3 is 1. The predicted molar refractivity (Wildman–Crippen MR) is 115 cm³/mol. The van der Waals surface area contributed by atoms with Gasteiger partial charge in [0.1, 0.15) is 6.61 Å². The number of ether oxygens (including phenoxy) is 2. The van der Waals surface area contributed by atoms with Crippen LogP contribution in [0.5, 0.6) is 11.5 Å². The van der Waals surface area contributed by atoms with Crippen molar-refractivity contribution in [2.24, 2.45) is 5.10 Å². The maximum Gasteiger partial charge on any atom is 0.335 e. The van der Waals surface area contributed by atoms with Gasteiger partial charge in [-0.3, -0.25) is 9.78 Å². The second-order valence-corrected chi connectivity index (χ2v) is 6.67. The van der Waals surface area contributed by atoms with Gasteiger partial charge in [-0.1, -0.05) is 23.7 Å². The number of carboxylic acids is 1. The van der Waals surface area contributed by atoms with Crippen molar-refractivity contribution in [1.82, 2.24) is 10.4 Å². The minimum absolute atomic E-state index is 0.104. The molecule has 2 N–H and O–H groups in total. The van der Waals surface area contributed by atoms with Crippen molar-refractivity contribution in [3.63, 3.8) is 0 Å². The molecular weight excluding hydrogens is 422 g/mol. The van der Waals surface area contributed by atoms with Gasteiger partial charge in [-0.05, 0) is 47.5 Å². The number of carbonyl (C=O) groups excluding carboxylic acids is 1. The number of nitrogens with zero attached hydrogens (tertiary/aromatic N) is 2. The van der Waals surface area contributed by atoms with Gasteiger partial charge >= 0.3 is 5.97 Å². The first kappa shape index (κ1) is 21.8. The normalized spacial score (nSPS) is 10.6. The molecule has 0 aliphatic heterocycles. The SMILES string of the molecule is COc1cc(/C=N\NC(=O)c2ccncc2)cc(Cl)c1OCc1cccc(C(=O)O)c1. The van der Waals surface area contributed by atoms with Gasteiger partial charge in [0.2, 0.25) is 0 Å². The highest BCUT2D eigenvalue weighted by molar-refractivity contribution is 6.32. The van der Waals surface area contributed by atoms with E-state index in [0.717, 1.165) is 0 Å². The molecule has 0 aliphatic rings. The van der Waals surface area contributed by atoms with E-state index in [4.69, 9.17) is 26.2 Å². The quantitative estimate of drug-likeness (QED) is 0.408. The standard InChI is InChI=1S/C22H18ClN3O5/c1-30-19-11-15(12-25-26-21(27)16-5-7-24-8-6-16)10-18(23)20(19)31-13-14-3-2-4-17(9-14)22(28)29/h2-12H,13H2,1H3,(H,26,27)(H,28,29)/b25-12-. The van der Waals surface area contributed by atoms with Crippen molar-refractivity contribution >= 4 is 29.7 Å². The van der Waals surface area contributed by atoms with E-state index >= 15 is 0 Å². The van der Waals surface area contributed by atoms with Crippen LogP contribution in [0.4, 0.5) is 0 Å². The Morgan fingerprint density at radius 3 is 2.65 bits per heavy atom. The van der Waals surface area contributed by atoms with Crippen LogP contribution in [-0.4, -0.2) is 35.3 Å². The maximum absolute atomic E-state index is 12.0. The molecule has 8 nitrogen and oxygen atoms in total. The first-order valence-corrected chi connectivity index (χ1v) is 9.41. The molecule has 1 amide bonds. The van der Waals surface area contributed by atoms with Gasteiger partial charge in [0, 0.05) is 18.0 Å². The summed E-state index contributed by atoms with van der Waals surface area (Å²) in [7, 11) is 1.47. The molecule has 31 heavy (non-hydrogen) atoms. The molecule has 1 aromatic heterocycles. The van der Waals surface area contributed by atoms with Gasteiger partial charge in [0.05, 0.1) is 23.9 Å². The van der Waals surface area contributed by atoms with Crippen LogP contribution in [0.1, 0.15) is 31.8 Å². The lowest BCUT2D eigenvalue weighted by Crippen LogP contribution is -2.17. The molecular formula is C22H18ClN3O5. The predicted octanol–water partition coefficient (Wildman–Crippen LogP) is 3.78. The van der Waals surface area contributed by atoms with Crippen LogP contribution in [0.25, 0.3) is 0 Å². The van der Waals surface area contributed by atoms with Crippen molar-refractivity contribution < 1.29 is 24.2 Å². The molecule has 3 rings (SSSR count). The number of carboxylic acid groups (broad SMARTS) is 1. The second kappa shape index (κ2) is 10.2. The number of aromatic carboxylic acids is 1. The Morgan fingerprint density at radius 2 is 1.94 bits per heavy atom. The number of benzene rings is 2. The van der Waals surface area contributed by atoms with Gasteiger partial charge in [0.15, 0.2) is 11.5 Å². The van der Waals surface area contributed by atoms with Crippen LogP contribution >= 0.6 is 11.6 Å². The number of hydrogen-bond donors (Lipinski definition) is 2. The third-order valence-electron chi connectivity index (χ3n) is 4.13. The number of nitrogens with one attached hydrogen (secondary N) is 1. The van der Waals surface area contributed by atoms with Gasteiger partial charge in [0.25, 0.3) is 5.91 Å². The fourth-order valence-corrected chi connectivity index (χ4v) is 2.91. The van der Waals surface area contributed by atoms with Gasteiger partial charge in [-0.25, -0.2) is 10.2 Å². The molecule has 2 aromatic carbocycles. The second-order valence-electron chi connectivity index (χ2n) is 6.26. The smallest absolute Gasteiger partial charge is 0.335 e. The topological polar surface area (TPSA) is 110 Å². The number of hydrogen-bond acceptors (Lipinski definition) is 6. The van der Waals surface area contributed by atoms with E-state index in [9.17, 15) is 9.59 Å². The van der Waals surface area contributed by atoms with Crippen LogP contribution in [-0.2, 0) is 6.61 Å². The van der Waals surface area contributed by atoms with Gasteiger partial charge in [-0.2, -0.15) is 5.10 Å². The Morgan fingerprint density at radius 1 is 1.16 bits per heavy atom. The Bertz CT molecular complexity index is 1120. The summed E-state index contributed by atoms with van der Waals surface area (Å²) in [6.07, 6.45) is 4.45. The molecule has 0 bridgehead atoms. The minimum atomic E-state index is -1.02. The number of carbonyl (C=O) groups is 2. The van der Waals surface area contributed by atoms with Crippen LogP contribution < -0.4 is 14.9 Å². The van der Waals surface area contributed by atoms with Crippen LogP contribution in [0.3, 0.4) is 0 Å². The van der Waals surface area contributed by atoms with E-state index in [2.05, 4.69) is 15.5 Å². The van der Waals surface area contributed by atoms with Crippen molar-refractivity contribution in [3.05, 3.63) is 88.2 Å². The molecule has 0 saturated heterocycles. The molecule has 0 fully saturated rings. The number of rotatable bonds is 8. The first-order chi connectivity index (χ1) is 15.0. The largest absolute Gasteiger partial charge is 0.493 e. The molecule has 0 aliphatic carbocycles. The maximum atomic E-state index is 12.0. The molecule has 1 heterocycles. The summed E-state index contributed by atoms with van der Waals surface area (Å²) in [6.45, 7) is 0.104. The highest BCUT2D eigenvalue weighted by Crippen LogP contribution is 2.36. The van der Waals surface area contributed by atoms with E-state index in [1.165, 1.54) is 37.9 Å². The molecule has 0 unspecified atom stereocenters. The fourth-order valence-electron chi connectivity index (χ4n) is 2.64. The van der Waals surface area contributed by atoms with E-state index < -0.39 is 5.97 Å². The van der Waals surface area contributed by atoms with E-state index in [1.807, 2.05) is 0 Å². The molecule has 0 radical (unpaired) electrons. The highest BCUT2D eigenvalue weighted by atomic mass is 35.5. The van der Waals surface area contributed by atoms with Crippen molar-refractivity contribution in [2.45, 2.75) is 6.61 Å². The molecule has 0 atom stereocenters. The van der Waals surface area contributed by atoms with E-state index in [0.29, 0.717) is 28.2 Å². The lowest BCUT2D eigenvalue weighted by Gasteiger charge is -2.13. The Balaban J connectivity index is 1.70. The Kier molecular flexibility index (Phi) is 7.18. The zero-order valence-electron chi connectivity index (χ0n) is 16.4. The molecule has 3 aromatic rings. The first-order valence-electron chi connectivity index (χ1n) is 9.04. The number of amides is 1. The average Bonchev–Trinajstić information content (AvgIpc) is 2.78. The monoisotopic (exact) mass is 439 g/mol. The lowest BCUT2D eigenvalue weighted by molar-refractivity contribution is 0.0696. The third kappa shape index (κ3) is 5.80. The molecule has 158 valence electrons. The zero-order valence-corrected chi connectivity index (χ0v) is 17.2. The summed E-state index contributed by atoms with van der Waals surface area (Å²) in [5, 5.41) is 13.3. The summed E-state index contributed by atoms with van der Waals surface area (Å²) >= 11 is 6.34. The Labute approximate surface area is 183 Å². The minimum Gasteiger partial charge on any atom is -0.493 e. The van der Waals surface area contributed by atoms with E-state index in [1.54, 1.807) is 36.4 Å². The third-order valence-corrected chi connectivity index (χ3v) is 4.41. The van der Waals surface area contributed by atoms with E-state index in [-0.39, 0.29) is 23.1 Å². The van der Waals surface area contributed by atoms with Crippen LogP contribution in [0, 0.1) is 0 Å². The molecule has 0 saturated carbocycles. The molecule has 9 heteroatoms. The summed E-state index contributed by atoms with van der Waals surface area (Å²) < 4.78 is 11.1. The van der Waals surface area contributed by atoms with Crippen molar-refractivity contribution in [2.75, 3.05) is 7.11 Å². The van der Waals surface area contributed by atoms with Crippen LogP contribution in [0.15, 0.2) is 66.0 Å². The number of pyridine rings is 1. The van der Waals surface area contributed by atoms with Crippen LogP contribution in [0.2, 0.25) is 5.02 Å². The summed E-state index contributed by atoms with van der Waals surface area (Å²) in [5.74, 6) is -0.718. The molecule has 0 spiro atoms. The van der Waals surface area contributed by atoms with Gasteiger partial charge in [-0.15, -0.1) is 0 Å². The number of halogens is 1. The van der Waals surface area contributed by atoms with Crippen molar-refractivity contribution in [3.8, 4) is 11.5 Å². The summed E-state index contributed by atoms with van der Waals surface area (Å²) in [4.78, 5) is 27.0.